The molecule has 2 rings (SSSR count). The normalized spacial score (nSPS) is 12.2. The van der Waals surface area contributed by atoms with Crippen LogP contribution in [0.1, 0.15) is 52.0 Å². The summed E-state index contributed by atoms with van der Waals surface area (Å²) < 4.78 is 24.9. The second-order valence-electron chi connectivity index (χ2n) is 9.39. The number of imide groups is 1. The van der Waals surface area contributed by atoms with Crippen LogP contribution in [-0.2, 0) is 20.7 Å². The molecule has 2 aromatic carbocycles. The van der Waals surface area contributed by atoms with Crippen molar-refractivity contribution >= 4 is 23.6 Å². The van der Waals surface area contributed by atoms with Crippen LogP contribution in [0.3, 0.4) is 0 Å². The van der Waals surface area contributed by atoms with Crippen LogP contribution in [0, 0.1) is 5.82 Å². The van der Waals surface area contributed by atoms with E-state index < -0.39 is 17.7 Å². The van der Waals surface area contributed by atoms with Crippen molar-refractivity contribution in [2.75, 3.05) is 13.7 Å². The summed E-state index contributed by atoms with van der Waals surface area (Å²) >= 11 is 6.04. The average Bonchev–Trinajstić information content (AvgIpc) is 2.79. The number of benzene rings is 2. The molecule has 190 valence electrons. The van der Waals surface area contributed by atoms with Crippen LogP contribution in [0.25, 0.3) is 11.1 Å². The summed E-state index contributed by atoms with van der Waals surface area (Å²) in [5, 5.41) is 0.454. The summed E-state index contributed by atoms with van der Waals surface area (Å²) in [7, 11) is 1.51. The largest absolute Gasteiger partial charge is 0.443 e. The molecule has 35 heavy (non-hydrogen) atoms. The van der Waals surface area contributed by atoms with Crippen molar-refractivity contribution < 1.29 is 23.5 Å². The van der Waals surface area contributed by atoms with Crippen molar-refractivity contribution in [2.24, 2.45) is 0 Å². The Morgan fingerprint density at radius 2 is 1.86 bits per heavy atom. The predicted molar refractivity (Wildman–Crippen MR) is 138 cm³/mol. The predicted octanol–water partition coefficient (Wildman–Crippen LogP) is 7.21. The maximum Gasteiger partial charge on any atom is 0.417 e. The molecule has 0 radical (unpaired) electrons. The molecule has 0 aliphatic carbocycles. The molecule has 0 saturated heterocycles. The molecule has 2 amide bonds. The Hall–Kier alpha value is -2.70. The van der Waals surface area contributed by atoms with Gasteiger partial charge in [0.1, 0.15) is 11.4 Å². The molecular weight excluding hydrogens is 469 g/mol. The number of nitrogens with zero attached hydrogens (tertiary/aromatic N) is 1. The number of hydrogen-bond acceptors (Lipinski definition) is 4. The molecule has 0 spiro atoms. The highest BCUT2D eigenvalue weighted by Crippen LogP contribution is 2.27. The van der Waals surface area contributed by atoms with Gasteiger partial charge in [0, 0.05) is 23.7 Å². The van der Waals surface area contributed by atoms with Crippen LogP contribution in [0.4, 0.5) is 9.18 Å². The van der Waals surface area contributed by atoms with Gasteiger partial charge in [0.2, 0.25) is 5.91 Å². The third-order valence-corrected chi connectivity index (χ3v) is 5.59. The lowest BCUT2D eigenvalue weighted by Crippen LogP contribution is -2.48. The smallest absolute Gasteiger partial charge is 0.417 e. The number of unbranched alkanes of at least 4 members (excludes halogenated alkanes) is 1. The lowest BCUT2D eigenvalue weighted by atomic mass is 9.96. The molecule has 0 heterocycles. The van der Waals surface area contributed by atoms with Gasteiger partial charge >= 0.3 is 6.09 Å². The summed E-state index contributed by atoms with van der Waals surface area (Å²) in [5.41, 5.74) is 1.27. The first-order valence-corrected chi connectivity index (χ1v) is 12.1. The first kappa shape index (κ1) is 28.5. The summed E-state index contributed by atoms with van der Waals surface area (Å²) in [6.45, 7) is 9.28. The highest BCUT2D eigenvalue weighted by atomic mass is 35.5. The van der Waals surface area contributed by atoms with E-state index in [9.17, 15) is 14.0 Å². The second kappa shape index (κ2) is 13.4. The third-order valence-electron chi connectivity index (χ3n) is 5.35. The first-order chi connectivity index (χ1) is 16.6. The fourth-order valence-corrected chi connectivity index (χ4v) is 3.88. The molecule has 1 atom stereocenters. The molecule has 0 aliphatic heterocycles. The van der Waals surface area contributed by atoms with Crippen LogP contribution in [0.2, 0.25) is 5.02 Å². The molecule has 0 saturated carbocycles. The Labute approximate surface area is 212 Å². The van der Waals surface area contributed by atoms with Crippen molar-refractivity contribution in [1.29, 1.82) is 0 Å². The Bertz CT molecular complexity index is 1000. The van der Waals surface area contributed by atoms with Crippen LogP contribution < -0.4 is 0 Å². The summed E-state index contributed by atoms with van der Waals surface area (Å²) in [6.07, 6.45) is 3.77. The molecule has 0 N–H and O–H groups in total. The van der Waals surface area contributed by atoms with Crippen molar-refractivity contribution in [3.8, 4) is 11.1 Å². The van der Waals surface area contributed by atoms with Gasteiger partial charge in [0.15, 0.2) is 0 Å². The lowest BCUT2D eigenvalue weighted by molar-refractivity contribution is -0.133. The van der Waals surface area contributed by atoms with Gasteiger partial charge in [-0.1, -0.05) is 41.9 Å². The zero-order chi connectivity index (χ0) is 26.0. The van der Waals surface area contributed by atoms with E-state index in [1.165, 1.54) is 24.1 Å². The maximum absolute atomic E-state index is 14.3. The molecular formula is C28H35ClFNO4. The number of methoxy groups -OCH3 is 1. The number of allylic oxidation sites excluding steroid dienone is 1. The van der Waals surface area contributed by atoms with Crippen molar-refractivity contribution in [1.82, 2.24) is 4.90 Å². The quantitative estimate of drug-likeness (QED) is 0.240. The van der Waals surface area contributed by atoms with E-state index in [1.54, 1.807) is 26.8 Å². The van der Waals surface area contributed by atoms with Crippen molar-refractivity contribution in [2.45, 2.75) is 64.5 Å². The van der Waals surface area contributed by atoms with E-state index in [0.29, 0.717) is 29.0 Å². The molecule has 5 nitrogen and oxygen atoms in total. The van der Waals surface area contributed by atoms with Crippen molar-refractivity contribution in [3.63, 3.8) is 0 Å². The van der Waals surface area contributed by atoms with E-state index in [4.69, 9.17) is 21.1 Å². The van der Waals surface area contributed by atoms with Gasteiger partial charge in [-0.15, -0.1) is 6.58 Å². The minimum Gasteiger partial charge on any atom is -0.443 e. The van der Waals surface area contributed by atoms with Gasteiger partial charge in [-0.05, 0) is 75.8 Å². The van der Waals surface area contributed by atoms with Crippen LogP contribution in [0.5, 0.6) is 0 Å². The van der Waals surface area contributed by atoms with E-state index in [0.717, 1.165) is 18.4 Å². The van der Waals surface area contributed by atoms with E-state index in [1.807, 2.05) is 30.3 Å². The van der Waals surface area contributed by atoms with Gasteiger partial charge in [-0.25, -0.2) is 14.1 Å². The standard InChI is InChI=1S/C28H35ClFNO4/c1-6-7-8-9-23(31(26(32)16-17-34-5)27(33)35-28(2,3)4)18-20-10-12-21(13-11-20)24-19-22(29)14-15-25(24)30/h6,10-15,19,23H,1,7-9,16-18H2,2-5H3/t23-/m0/s1. The average molecular weight is 504 g/mol. The van der Waals surface area contributed by atoms with Crippen LogP contribution in [0.15, 0.2) is 55.1 Å². The highest BCUT2D eigenvalue weighted by molar-refractivity contribution is 6.30. The van der Waals surface area contributed by atoms with Gasteiger partial charge in [-0.2, -0.15) is 0 Å². The number of carbonyl (C=O) groups is 2. The molecule has 7 heteroatoms. The van der Waals surface area contributed by atoms with Crippen molar-refractivity contribution in [3.05, 3.63) is 71.5 Å². The minimum atomic E-state index is -0.745. The first-order valence-electron chi connectivity index (χ1n) is 11.7. The molecule has 0 aromatic heterocycles. The van der Waals surface area contributed by atoms with Gasteiger partial charge in [-0.3, -0.25) is 4.79 Å². The summed E-state index contributed by atoms with van der Waals surface area (Å²) in [6, 6.07) is 11.4. The number of ether oxygens (including phenoxy) is 2. The fourth-order valence-electron chi connectivity index (χ4n) is 3.71. The summed E-state index contributed by atoms with van der Waals surface area (Å²) in [4.78, 5) is 27.4. The van der Waals surface area contributed by atoms with Gasteiger partial charge < -0.3 is 9.47 Å². The molecule has 0 fully saturated rings. The zero-order valence-electron chi connectivity index (χ0n) is 21.0. The van der Waals surface area contributed by atoms with E-state index in [-0.39, 0.29) is 24.8 Å². The molecule has 0 unspecified atom stereocenters. The Morgan fingerprint density at radius 3 is 2.46 bits per heavy atom. The van der Waals surface area contributed by atoms with Crippen LogP contribution >= 0.6 is 11.6 Å². The maximum atomic E-state index is 14.3. The number of rotatable bonds is 11. The Kier molecular flexibility index (Phi) is 10.9. The number of amides is 2. The number of hydrogen-bond donors (Lipinski definition) is 0. The van der Waals surface area contributed by atoms with Crippen LogP contribution in [-0.4, -0.2) is 42.3 Å². The Morgan fingerprint density at radius 1 is 1.17 bits per heavy atom. The Balaban J connectivity index is 2.34. The van der Waals surface area contributed by atoms with Gasteiger partial charge in [0.25, 0.3) is 0 Å². The lowest BCUT2D eigenvalue weighted by Gasteiger charge is -2.32. The number of halogens is 2. The fraction of sp³-hybridized carbons (Fsp3) is 0.429. The molecule has 0 aliphatic rings. The monoisotopic (exact) mass is 503 g/mol. The van der Waals surface area contributed by atoms with E-state index in [2.05, 4.69) is 6.58 Å². The second-order valence-corrected chi connectivity index (χ2v) is 9.82. The van der Waals surface area contributed by atoms with Gasteiger partial charge in [0.05, 0.1) is 13.0 Å². The molecule has 2 aromatic rings. The van der Waals surface area contributed by atoms with E-state index >= 15 is 0 Å². The SMILES string of the molecule is C=CCCC[C@@H](Cc1ccc(-c2cc(Cl)ccc2F)cc1)N(C(=O)CCOC)C(=O)OC(C)(C)C. The highest BCUT2D eigenvalue weighted by Gasteiger charge is 2.33. The minimum absolute atomic E-state index is 0.0701. The molecule has 0 bridgehead atoms. The number of carbonyl (C=O) groups excluding carboxylic acids is 2. The topological polar surface area (TPSA) is 55.8 Å². The third kappa shape index (κ3) is 9.11. The zero-order valence-corrected chi connectivity index (χ0v) is 21.7. The summed E-state index contributed by atoms with van der Waals surface area (Å²) in [5.74, 6) is -0.702.